The maximum atomic E-state index is 12.1. The lowest BCUT2D eigenvalue weighted by molar-refractivity contribution is 0.00765. The normalized spacial score (nSPS) is 11.6. The van der Waals surface area contributed by atoms with Crippen LogP contribution in [0.5, 0.6) is 5.75 Å². The van der Waals surface area contributed by atoms with Gasteiger partial charge in [-0.1, -0.05) is 0 Å². The van der Waals surface area contributed by atoms with Crippen molar-refractivity contribution in [1.82, 2.24) is 0 Å². The van der Waals surface area contributed by atoms with Gasteiger partial charge < -0.3 is 15.2 Å². The number of ether oxygens (including phenoxy) is 2. The van der Waals surface area contributed by atoms with Gasteiger partial charge in [-0.25, -0.2) is 4.79 Å². The fraction of sp³-hybridized carbons (Fsp3) is 0.357. The number of benzene rings is 1. The molecule has 0 atom stereocenters. The van der Waals surface area contributed by atoms with Crippen LogP contribution in [0, 0.1) is 0 Å². The molecule has 2 aromatic rings. The molecular formula is C14H17NO3S. The van der Waals surface area contributed by atoms with Crippen molar-refractivity contribution >= 4 is 33.1 Å². The number of carbonyl (C=O) groups is 1. The first kappa shape index (κ1) is 13.7. The number of rotatable bonds is 2. The zero-order chi connectivity index (χ0) is 14.2. The van der Waals surface area contributed by atoms with E-state index in [1.54, 1.807) is 7.11 Å². The van der Waals surface area contributed by atoms with Crippen molar-refractivity contribution in [2.75, 3.05) is 12.8 Å². The van der Waals surface area contributed by atoms with E-state index in [0.29, 0.717) is 10.6 Å². The second-order valence-corrected chi connectivity index (χ2v) is 6.26. The maximum Gasteiger partial charge on any atom is 0.351 e. The van der Waals surface area contributed by atoms with Gasteiger partial charge in [0, 0.05) is 10.1 Å². The first-order chi connectivity index (χ1) is 8.81. The van der Waals surface area contributed by atoms with Crippen molar-refractivity contribution in [2.45, 2.75) is 26.4 Å². The summed E-state index contributed by atoms with van der Waals surface area (Å²) in [5.41, 5.74) is 5.96. The number of hydrogen-bond acceptors (Lipinski definition) is 5. The Morgan fingerprint density at radius 3 is 2.58 bits per heavy atom. The van der Waals surface area contributed by atoms with Gasteiger partial charge in [-0.15, -0.1) is 11.3 Å². The van der Waals surface area contributed by atoms with E-state index in [9.17, 15) is 4.79 Å². The summed E-state index contributed by atoms with van der Waals surface area (Å²) < 4.78 is 11.4. The van der Waals surface area contributed by atoms with Crippen LogP contribution in [0.25, 0.3) is 10.1 Å². The van der Waals surface area contributed by atoms with Crippen molar-refractivity contribution in [1.29, 1.82) is 0 Å². The number of nitrogen functional groups attached to an aromatic ring is 1. The van der Waals surface area contributed by atoms with Crippen LogP contribution in [-0.2, 0) is 4.74 Å². The number of hydrogen-bond donors (Lipinski definition) is 1. The fourth-order valence-corrected chi connectivity index (χ4v) is 2.73. The van der Waals surface area contributed by atoms with Gasteiger partial charge in [0.2, 0.25) is 0 Å². The molecule has 5 heteroatoms. The van der Waals surface area contributed by atoms with E-state index in [1.807, 2.05) is 39.0 Å². The second-order valence-electron chi connectivity index (χ2n) is 5.21. The zero-order valence-electron chi connectivity index (χ0n) is 11.4. The van der Waals surface area contributed by atoms with Gasteiger partial charge in [-0.05, 0) is 39.0 Å². The SMILES string of the molecule is COc1ccc2c(N)c(C(=O)OC(C)(C)C)sc2c1. The highest BCUT2D eigenvalue weighted by Gasteiger charge is 2.23. The van der Waals surface area contributed by atoms with Gasteiger partial charge in [0.25, 0.3) is 0 Å². The van der Waals surface area contributed by atoms with Crippen LogP contribution in [0.3, 0.4) is 0 Å². The predicted molar refractivity (Wildman–Crippen MR) is 78.0 cm³/mol. The Balaban J connectivity index is 2.44. The molecular weight excluding hydrogens is 262 g/mol. The summed E-state index contributed by atoms with van der Waals surface area (Å²) in [5, 5.41) is 0.853. The summed E-state index contributed by atoms with van der Waals surface area (Å²) in [4.78, 5) is 12.5. The standard InChI is InChI=1S/C14H17NO3S/c1-14(2,3)18-13(16)12-11(15)9-6-5-8(17-4)7-10(9)19-12/h5-7H,15H2,1-4H3. The van der Waals surface area contributed by atoms with E-state index in [0.717, 1.165) is 15.8 Å². The Morgan fingerprint density at radius 2 is 2.00 bits per heavy atom. The molecule has 0 unspecified atom stereocenters. The molecule has 1 aromatic heterocycles. The quantitative estimate of drug-likeness (QED) is 0.855. The number of anilines is 1. The third kappa shape index (κ3) is 2.81. The van der Waals surface area contributed by atoms with Crippen molar-refractivity contribution < 1.29 is 14.3 Å². The highest BCUT2D eigenvalue weighted by Crippen LogP contribution is 2.36. The van der Waals surface area contributed by atoms with Gasteiger partial charge in [0.15, 0.2) is 0 Å². The van der Waals surface area contributed by atoms with E-state index >= 15 is 0 Å². The third-order valence-electron chi connectivity index (χ3n) is 2.52. The lowest BCUT2D eigenvalue weighted by atomic mass is 10.2. The molecule has 0 amide bonds. The molecule has 0 aliphatic heterocycles. The fourth-order valence-electron chi connectivity index (χ4n) is 1.70. The molecule has 102 valence electrons. The van der Waals surface area contributed by atoms with Gasteiger partial charge in [0.05, 0.1) is 12.8 Å². The Bertz CT molecular complexity index is 625. The molecule has 0 aliphatic rings. The molecule has 0 fully saturated rings. The van der Waals surface area contributed by atoms with Crippen molar-refractivity contribution in [2.24, 2.45) is 0 Å². The lowest BCUT2D eigenvalue weighted by Crippen LogP contribution is -2.23. The van der Waals surface area contributed by atoms with E-state index in [4.69, 9.17) is 15.2 Å². The predicted octanol–water partition coefficient (Wildman–Crippen LogP) is 3.45. The van der Waals surface area contributed by atoms with Gasteiger partial charge in [-0.2, -0.15) is 0 Å². The van der Waals surface area contributed by atoms with Crippen LogP contribution in [0.15, 0.2) is 18.2 Å². The number of carbonyl (C=O) groups excluding carboxylic acids is 1. The summed E-state index contributed by atoms with van der Waals surface area (Å²) in [6.07, 6.45) is 0. The first-order valence-electron chi connectivity index (χ1n) is 5.91. The molecule has 0 saturated heterocycles. The molecule has 4 nitrogen and oxygen atoms in total. The minimum atomic E-state index is -0.530. The summed E-state index contributed by atoms with van der Waals surface area (Å²) in [5.74, 6) is 0.356. The van der Waals surface area contributed by atoms with E-state index in [2.05, 4.69) is 0 Å². The molecule has 1 heterocycles. The second kappa shape index (κ2) is 4.74. The van der Waals surface area contributed by atoms with Crippen LogP contribution in [-0.4, -0.2) is 18.7 Å². The molecule has 0 spiro atoms. The third-order valence-corrected chi connectivity index (χ3v) is 3.67. The van der Waals surface area contributed by atoms with Gasteiger partial charge in [0.1, 0.15) is 16.2 Å². The topological polar surface area (TPSA) is 61.5 Å². The minimum absolute atomic E-state index is 0.384. The lowest BCUT2D eigenvalue weighted by Gasteiger charge is -2.18. The number of fused-ring (bicyclic) bond motifs is 1. The molecule has 0 saturated carbocycles. The Kier molecular flexibility index (Phi) is 3.41. The first-order valence-corrected chi connectivity index (χ1v) is 6.73. The van der Waals surface area contributed by atoms with Crippen molar-refractivity contribution in [3.63, 3.8) is 0 Å². The van der Waals surface area contributed by atoms with Gasteiger partial charge >= 0.3 is 5.97 Å². The van der Waals surface area contributed by atoms with Crippen LogP contribution in [0.4, 0.5) is 5.69 Å². The Labute approximate surface area is 116 Å². The molecule has 0 radical (unpaired) electrons. The van der Waals surface area contributed by atoms with E-state index in [-0.39, 0.29) is 5.97 Å². The molecule has 0 bridgehead atoms. The summed E-state index contributed by atoms with van der Waals surface area (Å²) in [7, 11) is 1.60. The average molecular weight is 279 g/mol. The number of nitrogens with two attached hydrogens (primary N) is 1. The molecule has 0 aliphatic carbocycles. The number of esters is 1. The van der Waals surface area contributed by atoms with Crippen LogP contribution < -0.4 is 10.5 Å². The molecule has 1 aromatic carbocycles. The Hall–Kier alpha value is -1.75. The highest BCUT2D eigenvalue weighted by atomic mass is 32.1. The Morgan fingerprint density at radius 1 is 1.32 bits per heavy atom. The highest BCUT2D eigenvalue weighted by molar-refractivity contribution is 7.21. The zero-order valence-corrected chi connectivity index (χ0v) is 12.3. The molecule has 19 heavy (non-hydrogen) atoms. The monoisotopic (exact) mass is 279 g/mol. The molecule has 2 rings (SSSR count). The summed E-state index contributed by atoms with van der Waals surface area (Å²) >= 11 is 1.32. The van der Waals surface area contributed by atoms with Crippen LogP contribution >= 0.6 is 11.3 Å². The maximum absolute atomic E-state index is 12.1. The smallest absolute Gasteiger partial charge is 0.351 e. The number of thiophene rings is 1. The summed E-state index contributed by atoms with van der Waals surface area (Å²) in [6, 6.07) is 5.54. The van der Waals surface area contributed by atoms with Crippen molar-refractivity contribution in [3.8, 4) is 5.75 Å². The number of methoxy groups -OCH3 is 1. The van der Waals surface area contributed by atoms with Gasteiger partial charge in [-0.3, -0.25) is 0 Å². The summed E-state index contributed by atoms with van der Waals surface area (Å²) in [6.45, 7) is 5.49. The van der Waals surface area contributed by atoms with Crippen LogP contribution in [0.2, 0.25) is 0 Å². The molecule has 2 N–H and O–H groups in total. The van der Waals surface area contributed by atoms with Crippen LogP contribution in [0.1, 0.15) is 30.4 Å². The average Bonchev–Trinajstić information content (AvgIpc) is 2.64. The van der Waals surface area contributed by atoms with E-state index in [1.165, 1.54) is 11.3 Å². The largest absolute Gasteiger partial charge is 0.497 e. The minimum Gasteiger partial charge on any atom is -0.497 e. The van der Waals surface area contributed by atoms with E-state index < -0.39 is 5.60 Å². The van der Waals surface area contributed by atoms with Crippen molar-refractivity contribution in [3.05, 3.63) is 23.1 Å².